The summed E-state index contributed by atoms with van der Waals surface area (Å²) in [6, 6.07) is 0. The molecule has 18 heavy (non-hydrogen) atoms. The Labute approximate surface area is 105 Å². The zero-order valence-electron chi connectivity index (χ0n) is 10.4. The van der Waals surface area contributed by atoms with Gasteiger partial charge in [0.1, 0.15) is 6.33 Å². The molecule has 2 rings (SSSR count). The van der Waals surface area contributed by atoms with Crippen molar-refractivity contribution in [2.24, 2.45) is 0 Å². The lowest BCUT2D eigenvalue weighted by Gasteiger charge is -2.18. The number of fused-ring (bicyclic) bond motifs is 1. The number of imidazole rings is 1. The summed E-state index contributed by atoms with van der Waals surface area (Å²) in [6.07, 6.45) is 3.36. The summed E-state index contributed by atoms with van der Waals surface area (Å²) in [5.74, 6) is 0.331. The highest BCUT2D eigenvalue weighted by atomic mass is 16.5. The van der Waals surface area contributed by atoms with Crippen molar-refractivity contribution in [2.75, 3.05) is 12.3 Å². The van der Waals surface area contributed by atoms with Crippen LogP contribution in [-0.4, -0.2) is 37.4 Å². The van der Waals surface area contributed by atoms with Gasteiger partial charge in [0.15, 0.2) is 11.5 Å². The number of anilines is 1. The first-order valence-electron chi connectivity index (χ1n) is 5.87. The summed E-state index contributed by atoms with van der Waals surface area (Å²) in [5, 5.41) is 13.2. The molecule has 7 heteroatoms. The highest BCUT2D eigenvalue weighted by molar-refractivity contribution is 5.58. The molecule has 0 spiro atoms. The number of nitrogen functional groups attached to an aromatic ring is 1. The zero-order valence-corrected chi connectivity index (χ0v) is 10.4. The first-order chi connectivity index (χ1) is 8.67. The third-order valence-corrected chi connectivity index (χ3v) is 2.83. The molecule has 0 aliphatic carbocycles. The molecule has 0 saturated heterocycles. The highest BCUT2D eigenvalue weighted by Crippen LogP contribution is 2.21. The molecule has 2 aromatic heterocycles. The number of hydrogen-bond acceptors (Lipinski definition) is 6. The molecule has 2 atom stereocenters. The quantitative estimate of drug-likeness (QED) is 0.805. The number of nitrogens with two attached hydrogens (primary N) is 1. The number of nitrogens with zero attached hydrogens (tertiary/aromatic N) is 4. The lowest BCUT2D eigenvalue weighted by molar-refractivity contribution is -0.0363. The van der Waals surface area contributed by atoms with E-state index in [2.05, 4.69) is 15.1 Å². The summed E-state index contributed by atoms with van der Waals surface area (Å²) < 4.78 is 7.34. The summed E-state index contributed by atoms with van der Waals surface area (Å²) >= 11 is 0. The predicted octanol–water partition coefficient (Wildman–Crippen LogP) is 0.555. The van der Waals surface area contributed by atoms with Crippen molar-refractivity contribution < 1.29 is 9.84 Å². The van der Waals surface area contributed by atoms with E-state index in [4.69, 9.17) is 15.6 Å². The summed E-state index contributed by atoms with van der Waals surface area (Å²) in [6.45, 7) is 3.84. The Balaban J connectivity index is 2.28. The van der Waals surface area contributed by atoms with Crippen LogP contribution in [0.4, 0.5) is 5.82 Å². The lowest BCUT2D eigenvalue weighted by Crippen LogP contribution is -2.19. The van der Waals surface area contributed by atoms with Crippen LogP contribution >= 0.6 is 0 Å². The summed E-state index contributed by atoms with van der Waals surface area (Å²) in [4.78, 5) is 8.04. The molecule has 7 nitrogen and oxygen atoms in total. The van der Waals surface area contributed by atoms with Crippen LogP contribution in [0.3, 0.4) is 0 Å². The number of rotatable bonds is 5. The maximum atomic E-state index is 9.14. The first kappa shape index (κ1) is 12.7. The van der Waals surface area contributed by atoms with Gasteiger partial charge < -0.3 is 15.6 Å². The van der Waals surface area contributed by atoms with Gasteiger partial charge in [-0.25, -0.2) is 14.5 Å². The van der Waals surface area contributed by atoms with Crippen molar-refractivity contribution >= 4 is 11.5 Å². The van der Waals surface area contributed by atoms with Gasteiger partial charge in [0, 0.05) is 0 Å². The number of hydrogen-bond donors (Lipinski definition) is 2. The third-order valence-electron chi connectivity index (χ3n) is 2.83. The van der Waals surface area contributed by atoms with Gasteiger partial charge in [0.05, 0.1) is 30.7 Å². The van der Waals surface area contributed by atoms with Crippen LogP contribution in [0.25, 0.3) is 5.65 Å². The topological polar surface area (TPSA) is 98.6 Å². The Morgan fingerprint density at radius 3 is 2.94 bits per heavy atom. The van der Waals surface area contributed by atoms with Gasteiger partial charge in [-0.15, -0.1) is 0 Å². The van der Waals surface area contributed by atoms with Crippen molar-refractivity contribution in [1.29, 1.82) is 0 Å². The fourth-order valence-electron chi connectivity index (χ4n) is 1.76. The monoisotopic (exact) mass is 251 g/mol. The molecule has 0 bridgehead atoms. The van der Waals surface area contributed by atoms with Gasteiger partial charge in [-0.2, -0.15) is 5.10 Å². The molecule has 0 radical (unpaired) electrons. The Morgan fingerprint density at radius 1 is 1.50 bits per heavy atom. The average molecular weight is 251 g/mol. The van der Waals surface area contributed by atoms with Gasteiger partial charge in [0.25, 0.3) is 0 Å². The van der Waals surface area contributed by atoms with Crippen molar-refractivity contribution in [3.05, 3.63) is 18.2 Å². The van der Waals surface area contributed by atoms with E-state index in [1.807, 2.05) is 13.8 Å². The Kier molecular flexibility index (Phi) is 3.73. The van der Waals surface area contributed by atoms with E-state index >= 15 is 0 Å². The molecule has 98 valence electrons. The second-order valence-corrected chi connectivity index (χ2v) is 4.05. The standard InChI is InChI=1S/C11H17N5O2/c1-3-8(5-17)18-7(2)9-4-13-11-10(12)14-6-15-16(9)11/h4,6-8,17H,3,5H2,1-2H3,(H2,12,14,15). The Hall–Kier alpha value is -1.73. The minimum Gasteiger partial charge on any atom is -0.394 e. The average Bonchev–Trinajstić information content (AvgIpc) is 2.81. The van der Waals surface area contributed by atoms with E-state index in [0.717, 1.165) is 12.1 Å². The maximum Gasteiger partial charge on any atom is 0.196 e. The van der Waals surface area contributed by atoms with Crippen LogP contribution in [0.2, 0.25) is 0 Å². The SMILES string of the molecule is CCC(CO)OC(C)c1cnc2c(N)ncnn12. The molecule has 0 aliphatic rings. The molecule has 0 aromatic carbocycles. The molecule has 0 amide bonds. The molecular weight excluding hydrogens is 234 g/mol. The Morgan fingerprint density at radius 2 is 2.28 bits per heavy atom. The van der Waals surface area contributed by atoms with Crippen molar-refractivity contribution in [3.63, 3.8) is 0 Å². The number of aromatic nitrogens is 4. The molecule has 2 unspecified atom stereocenters. The van der Waals surface area contributed by atoms with E-state index < -0.39 is 0 Å². The van der Waals surface area contributed by atoms with Crippen LogP contribution in [0.1, 0.15) is 32.1 Å². The molecule has 0 fully saturated rings. The first-order valence-corrected chi connectivity index (χ1v) is 5.87. The number of aliphatic hydroxyl groups excluding tert-OH is 1. The molecule has 0 aliphatic heterocycles. The normalized spacial score (nSPS) is 14.8. The van der Waals surface area contributed by atoms with Crippen LogP contribution in [-0.2, 0) is 4.74 Å². The zero-order chi connectivity index (χ0) is 13.1. The molecule has 2 aromatic rings. The predicted molar refractivity (Wildman–Crippen MR) is 65.9 cm³/mol. The van der Waals surface area contributed by atoms with Crippen LogP contribution < -0.4 is 5.73 Å². The second-order valence-electron chi connectivity index (χ2n) is 4.05. The van der Waals surface area contributed by atoms with Gasteiger partial charge in [0.2, 0.25) is 0 Å². The fourth-order valence-corrected chi connectivity index (χ4v) is 1.76. The van der Waals surface area contributed by atoms with E-state index in [-0.39, 0.29) is 18.8 Å². The van der Waals surface area contributed by atoms with E-state index in [0.29, 0.717) is 11.5 Å². The minimum atomic E-state index is -0.230. The molecule has 0 saturated carbocycles. The van der Waals surface area contributed by atoms with Crippen molar-refractivity contribution in [3.8, 4) is 0 Å². The van der Waals surface area contributed by atoms with Crippen LogP contribution in [0.15, 0.2) is 12.5 Å². The van der Waals surface area contributed by atoms with E-state index in [9.17, 15) is 0 Å². The van der Waals surface area contributed by atoms with Gasteiger partial charge in [-0.3, -0.25) is 0 Å². The lowest BCUT2D eigenvalue weighted by atomic mass is 10.2. The Bertz CT molecular complexity index is 523. The van der Waals surface area contributed by atoms with Crippen molar-refractivity contribution in [1.82, 2.24) is 19.6 Å². The maximum absolute atomic E-state index is 9.14. The number of aliphatic hydroxyl groups is 1. The van der Waals surface area contributed by atoms with E-state index in [1.165, 1.54) is 6.33 Å². The minimum absolute atomic E-state index is 0.00526. The van der Waals surface area contributed by atoms with Gasteiger partial charge in [-0.05, 0) is 13.3 Å². The molecular formula is C11H17N5O2. The van der Waals surface area contributed by atoms with Crippen LogP contribution in [0.5, 0.6) is 0 Å². The third kappa shape index (κ3) is 2.27. The van der Waals surface area contributed by atoms with E-state index in [1.54, 1.807) is 10.7 Å². The van der Waals surface area contributed by atoms with Crippen LogP contribution in [0, 0.1) is 0 Å². The van der Waals surface area contributed by atoms with Gasteiger partial charge in [-0.1, -0.05) is 6.92 Å². The van der Waals surface area contributed by atoms with Crippen molar-refractivity contribution in [2.45, 2.75) is 32.5 Å². The summed E-state index contributed by atoms with van der Waals surface area (Å²) in [5.41, 5.74) is 7.01. The largest absolute Gasteiger partial charge is 0.394 e. The van der Waals surface area contributed by atoms with Gasteiger partial charge >= 0.3 is 0 Å². The fraction of sp³-hybridized carbons (Fsp3) is 0.545. The number of ether oxygens (including phenoxy) is 1. The second kappa shape index (κ2) is 5.28. The highest BCUT2D eigenvalue weighted by Gasteiger charge is 2.17. The summed E-state index contributed by atoms with van der Waals surface area (Å²) in [7, 11) is 0. The molecule has 2 heterocycles. The molecule has 3 N–H and O–H groups in total. The smallest absolute Gasteiger partial charge is 0.196 e.